The van der Waals surface area contributed by atoms with Gasteiger partial charge in [-0.2, -0.15) is 0 Å². The Kier molecular flexibility index (Phi) is 4.73. The number of aliphatic carboxylic acids is 1. The van der Waals surface area contributed by atoms with E-state index >= 15 is 0 Å². The van der Waals surface area contributed by atoms with E-state index in [0.29, 0.717) is 12.5 Å². The van der Waals surface area contributed by atoms with Crippen LogP contribution in [0.25, 0.3) is 0 Å². The normalized spacial score (nSPS) is 23.9. The zero-order chi connectivity index (χ0) is 12.1. The molecule has 0 saturated carbocycles. The highest BCUT2D eigenvalue weighted by molar-refractivity contribution is 5.83. The molecule has 0 radical (unpaired) electrons. The van der Waals surface area contributed by atoms with Gasteiger partial charge in [0.2, 0.25) is 5.91 Å². The van der Waals surface area contributed by atoms with Crippen molar-refractivity contribution in [3.63, 3.8) is 0 Å². The minimum Gasteiger partial charge on any atom is -0.480 e. The lowest BCUT2D eigenvalue weighted by Crippen LogP contribution is -2.58. The minimum absolute atomic E-state index is 0.0822. The Labute approximate surface area is 95.8 Å². The number of carbonyl (C=O) groups excluding carboxylic acids is 1. The number of hydrogen-bond acceptors (Lipinski definition) is 3. The van der Waals surface area contributed by atoms with Crippen LogP contribution in [0.2, 0.25) is 0 Å². The van der Waals surface area contributed by atoms with Gasteiger partial charge in [0.15, 0.2) is 0 Å². The van der Waals surface area contributed by atoms with Crippen LogP contribution in [-0.2, 0) is 9.59 Å². The Morgan fingerprint density at radius 3 is 2.94 bits per heavy atom. The van der Waals surface area contributed by atoms with E-state index in [1.54, 1.807) is 4.90 Å². The van der Waals surface area contributed by atoms with Crippen LogP contribution in [0.4, 0.5) is 0 Å². The fourth-order valence-electron chi connectivity index (χ4n) is 2.11. The molecule has 5 heteroatoms. The maximum atomic E-state index is 11.2. The zero-order valence-electron chi connectivity index (χ0n) is 9.90. The molecule has 5 nitrogen and oxygen atoms in total. The molecule has 2 atom stereocenters. The number of amides is 1. The fourth-order valence-corrected chi connectivity index (χ4v) is 2.11. The Morgan fingerprint density at radius 2 is 2.38 bits per heavy atom. The second kappa shape index (κ2) is 5.84. The van der Waals surface area contributed by atoms with E-state index in [9.17, 15) is 9.59 Å². The molecule has 16 heavy (non-hydrogen) atoms. The maximum absolute atomic E-state index is 11.2. The van der Waals surface area contributed by atoms with Gasteiger partial charge in [-0.05, 0) is 12.3 Å². The summed E-state index contributed by atoms with van der Waals surface area (Å²) in [5.74, 6) is -0.511. The summed E-state index contributed by atoms with van der Waals surface area (Å²) in [5, 5.41) is 11.6. The quantitative estimate of drug-likeness (QED) is 0.710. The first-order chi connectivity index (χ1) is 7.54. The van der Waals surface area contributed by atoms with Gasteiger partial charge in [-0.3, -0.25) is 14.5 Å². The van der Waals surface area contributed by atoms with Gasteiger partial charge < -0.3 is 10.4 Å². The molecular formula is C11H20N2O3. The van der Waals surface area contributed by atoms with Crippen molar-refractivity contribution in [3.05, 3.63) is 0 Å². The van der Waals surface area contributed by atoms with Gasteiger partial charge in [-0.15, -0.1) is 0 Å². The SMILES string of the molecule is CCCC(C)CN1CC(=O)NCC1C(=O)O. The van der Waals surface area contributed by atoms with Crippen molar-refractivity contribution in [3.8, 4) is 0 Å². The van der Waals surface area contributed by atoms with Crippen LogP contribution in [0.3, 0.4) is 0 Å². The third kappa shape index (κ3) is 3.48. The first-order valence-corrected chi connectivity index (χ1v) is 5.78. The molecule has 1 heterocycles. The highest BCUT2D eigenvalue weighted by Gasteiger charge is 2.32. The van der Waals surface area contributed by atoms with Crippen LogP contribution >= 0.6 is 0 Å². The van der Waals surface area contributed by atoms with E-state index in [1.165, 1.54) is 0 Å². The number of carboxylic acid groups (broad SMARTS) is 1. The maximum Gasteiger partial charge on any atom is 0.322 e. The first-order valence-electron chi connectivity index (χ1n) is 5.78. The first kappa shape index (κ1) is 13.0. The molecule has 92 valence electrons. The van der Waals surface area contributed by atoms with Crippen molar-refractivity contribution in [1.29, 1.82) is 0 Å². The van der Waals surface area contributed by atoms with Crippen molar-refractivity contribution in [2.75, 3.05) is 19.6 Å². The van der Waals surface area contributed by atoms with Crippen LogP contribution in [0, 0.1) is 5.92 Å². The molecule has 1 aliphatic heterocycles. The number of piperazine rings is 1. The molecule has 0 aromatic heterocycles. The van der Waals surface area contributed by atoms with Crippen LogP contribution in [0.15, 0.2) is 0 Å². The highest BCUT2D eigenvalue weighted by atomic mass is 16.4. The molecule has 0 aliphatic carbocycles. The summed E-state index contributed by atoms with van der Waals surface area (Å²) >= 11 is 0. The van der Waals surface area contributed by atoms with E-state index in [-0.39, 0.29) is 19.0 Å². The predicted molar refractivity (Wildman–Crippen MR) is 60.1 cm³/mol. The topological polar surface area (TPSA) is 69.6 Å². The number of nitrogens with one attached hydrogen (secondary N) is 1. The summed E-state index contributed by atoms with van der Waals surface area (Å²) in [5.41, 5.74) is 0. The van der Waals surface area contributed by atoms with Crippen LogP contribution in [0.5, 0.6) is 0 Å². The van der Waals surface area contributed by atoms with Crippen LogP contribution in [-0.4, -0.2) is 47.6 Å². The summed E-state index contributed by atoms with van der Waals surface area (Å²) in [6, 6.07) is -0.572. The summed E-state index contributed by atoms with van der Waals surface area (Å²) in [4.78, 5) is 24.0. The van der Waals surface area contributed by atoms with Gasteiger partial charge in [0.1, 0.15) is 6.04 Å². The fraction of sp³-hybridized carbons (Fsp3) is 0.818. The van der Waals surface area contributed by atoms with E-state index in [4.69, 9.17) is 5.11 Å². The van der Waals surface area contributed by atoms with Crippen molar-refractivity contribution in [2.45, 2.75) is 32.7 Å². The molecule has 1 saturated heterocycles. The minimum atomic E-state index is -0.858. The number of carbonyl (C=O) groups is 2. The molecule has 1 rings (SSSR count). The number of rotatable bonds is 5. The van der Waals surface area contributed by atoms with Gasteiger partial charge >= 0.3 is 5.97 Å². The highest BCUT2D eigenvalue weighted by Crippen LogP contribution is 2.12. The third-order valence-electron chi connectivity index (χ3n) is 2.89. The predicted octanol–water partition coefficient (Wildman–Crippen LogP) is 0.308. The average molecular weight is 228 g/mol. The lowest BCUT2D eigenvalue weighted by atomic mass is 10.0. The molecule has 0 bridgehead atoms. The molecule has 0 aromatic rings. The molecule has 0 spiro atoms. The van der Waals surface area contributed by atoms with E-state index in [0.717, 1.165) is 12.8 Å². The number of carboxylic acids is 1. The monoisotopic (exact) mass is 228 g/mol. The zero-order valence-corrected chi connectivity index (χ0v) is 9.90. The Balaban J connectivity index is 2.57. The Hall–Kier alpha value is -1.10. The van der Waals surface area contributed by atoms with Crippen molar-refractivity contribution < 1.29 is 14.7 Å². The Bertz CT molecular complexity index is 268. The smallest absolute Gasteiger partial charge is 0.322 e. The van der Waals surface area contributed by atoms with Gasteiger partial charge in [-0.25, -0.2) is 0 Å². The Morgan fingerprint density at radius 1 is 1.69 bits per heavy atom. The molecular weight excluding hydrogens is 208 g/mol. The molecule has 0 aromatic carbocycles. The number of nitrogens with zero attached hydrogens (tertiary/aromatic N) is 1. The van der Waals surface area contributed by atoms with E-state index < -0.39 is 12.0 Å². The van der Waals surface area contributed by atoms with Gasteiger partial charge in [-0.1, -0.05) is 20.3 Å². The second-order valence-electron chi connectivity index (χ2n) is 4.48. The molecule has 2 N–H and O–H groups in total. The molecule has 1 aliphatic rings. The average Bonchev–Trinajstić information content (AvgIpc) is 2.17. The third-order valence-corrected chi connectivity index (χ3v) is 2.89. The van der Waals surface area contributed by atoms with Crippen LogP contribution < -0.4 is 5.32 Å². The van der Waals surface area contributed by atoms with Crippen molar-refractivity contribution >= 4 is 11.9 Å². The molecule has 2 unspecified atom stereocenters. The standard InChI is InChI=1S/C11H20N2O3/c1-3-4-8(2)6-13-7-10(14)12-5-9(13)11(15)16/h8-9H,3-7H2,1-2H3,(H,12,14)(H,15,16). The lowest BCUT2D eigenvalue weighted by molar-refractivity contribution is -0.146. The largest absolute Gasteiger partial charge is 0.480 e. The molecule has 1 fully saturated rings. The van der Waals surface area contributed by atoms with Crippen LogP contribution in [0.1, 0.15) is 26.7 Å². The molecule has 1 amide bonds. The van der Waals surface area contributed by atoms with Crippen molar-refractivity contribution in [2.24, 2.45) is 5.92 Å². The summed E-state index contributed by atoms with van der Waals surface area (Å²) in [6.07, 6.45) is 2.14. The van der Waals surface area contributed by atoms with Gasteiger partial charge in [0, 0.05) is 13.1 Å². The lowest BCUT2D eigenvalue weighted by Gasteiger charge is -2.34. The number of hydrogen-bond donors (Lipinski definition) is 2. The van der Waals surface area contributed by atoms with E-state index in [2.05, 4.69) is 19.2 Å². The van der Waals surface area contributed by atoms with E-state index in [1.807, 2.05) is 0 Å². The summed E-state index contributed by atoms with van der Waals surface area (Å²) in [6.45, 7) is 5.29. The second-order valence-corrected chi connectivity index (χ2v) is 4.48. The summed E-state index contributed by atoms with van der Waals surface area (Å²) < 4.78 is 0. The van der Waals surface area contributed by atoms with Gasteiger partial charge in [0.25, 0.3) is 0 Å². The summed E-state index contributed by atoms with van der Waals surface area (Å²) in [7, 11) is 0. The van der Waals surface area contributed by atoms with Gasteiger partial charge in [0.05, 0.1) is 6.54 Å². The van der Waals surface area contributed by atoms with Crippen molar-refractivity contribution in [1.82, 2.24) is 10.2 Å².